The topological polar surface area (TPSA) is 46.5 Å². The Morgan fingerprint density at radius 1 is 1.70 bits per heavy atom. The Kier molecular flexibility index (Phi) is 8.90. The fourth-order valence-electron chi connectivity index (χ4n) is 0.366. The van der Waals surface area contributed by atoms with Gasteiger partial charge in [-0.25, -0.2) is 4.79 Å². The molecule has 0 heterocycles. The van der Waals surface area contributed by atoms with Gasteiger partial charge in [-0.05, 0) is 13.3 Å². The molecule has 0 rings (SSSR count). The van der Waals surface area contributed by atoms with Crippen LogP contribution in [0, 0.1) is 0 Å². The zero-order valence-electron chi connectivity index (χ0n) is 6.11. The van der Waals surface area contributed by atoms with Crippen molar-refractivity contribution in [1.29, 1.82) is 0 Å². The van der Waals surface area contributed by atoms with Crippen molar-refractivity contribution in [1.82, 2.24) is 0 Å². The van der Waals surface area contributed by atoms with Crippen molar-refractivity contribution in [2.45, 2.75) is 26.4 Å². The number of aliphatic carboxylic acids is 1. The van der Waals surface area contributed by atoms with Crippen LogP contribution in [0.2, 0.25) is 0 Å². The summed E-state index contributed by atoms with van der Waals surface area (Å²) in [5.41, 5.74) is 0. The summed E-state index contributed by atoms with van der Waals surface area (Å²) in [5.74, 6) is -0.900. The van der Waals surface area contributed by atoms with Gasteiger partial charge < -0.3 is 9.84 Å². The Morgan fingerprint density at radius 3 is 2.50 bits per heavy atom. The number of carboxylic acids is 1. The standard InChI is InChI=1S/C6H12O3.Fe/c1-3-4-9-5(2)6(7)8;/h5H,3-4H2,1-2H3,(H,7,8);. The molecular weight excluding hydrogens is 176 g/mol. The molecule has 0 aliphatic heterocycles. The Bertz CT molecular complexity index is 95.0. The number of ether oxygens (including phenoxy) is 1. The van der Waals surface area contributed by atoms with Gasteiger partial charge >= 0.3 is 5.97 Å². The second-order valence-electron chi connectivity index (χ2n) is 1.85. The van der Waals surface area contributed by atoms with E-state index < -0.39 is 12.1 Å². The average molecular weight is 188 g/mol. The molecule has 4 heteroatoms. The molecule has 1 N–H and O–H groups in total. The summed E-state index contributed by atoms with van der Waals surface area (Å²) in [7, 11) is 0. The van der Waals surface area contributed by atoms with E-state index in [1.807, 2.05) is 6.92 Å². The van der Waals surface area contributed by atoms with E-state index in [1.54, 1.807) is 0 Å². The molecule has 62 valence electrons. The van der Waals surface area contributed by atoms with Crippen molar-refractivity contribution in [3.8, 4) is 0 Å². The molecule has 0 aromatic carbocycles. The Morgan fingerprint density at radius 2 is 2.20 bits per heavy atom. The first-order valence-electron chi connectivity index (χ1n) is 3.03. The normalized spacial score (nSPS) is 11.8. The quantitative estimate of drug-likeness (QED) is 0.666. The Balaban J connectivity index is 0. The van der Waals surface area contributed by atoms with Crippen molar-refractivity contribution in [3.05, 3.63) is 0 Å². The minimum Gasteiger partial charge on any atom is -0.479 e. The van der Waals surface area contributed by atoms with E-state index in [0.29, 0.717) is 6.61 Å². The first-order valence-corrected chi connectivity index (χ1v) is 3.03. The Hall–Kier alpha value is -0.0505. The van der Waals surface area contributed by atoms with Crippen molar-refractivity contribution < 1.29 is 31.7 Å². The van der Waals surface area contributed by atoms with Crippen LogP contribution in [0.15, 0.2) is 0 Å². The maximum absolute atomic E-state index is 10.1. The van der Waals surface area contributed by atoms with Gasteiger partial charge in [-0.2, -0.15) is 0 Å². The molecule has 0 spiro atoms. The van der Waals surface area contributed by atoms with E-state index in [9.17, 15) is 4.79 Å². The van der Waals surface area contributed by atoms with Crippen LogP contribution in [0.5, 0.6) is 0 Å². The third-order valence-electron chi connectivity index (χ3n) is 0.920. The van der Waals surface area contributed by atoms with E-state index in [-0.39, 0.29) is 17.1 Å². The van der Waals surface area contributed by atoms with E-state index in [2.05, 4.69) is 0 Å². The molecule has 0 aromatic heterocycles. The van der Waals surface area contributed by atoms with Crippen LogP contribution in [-0.4, -0.2) is 23.8 Å². The van der Waals surface area contributed by atoms with Gasteiger partial charge in [-0.1, -0.05) is 6.92 Å². The van der Waals surface area contributed by atoms with Gasteiger partial charge in [0.2, 0.25) is 0 Å². The van der Waals surface area contributed by atoms with Crippen LogP contribution in [0.25, 0.3) is 0 Å². The minimum atomic E-state index is -0.900. The summed E-state index contributed by atoms with van der Waals surface area (Å²) in [6.45, 7) is 3.99. The molecule has 0 radical (unpaired) electrons. The van der Waals surface area contributed by atoms with Gasteiger partial charge in [0.1, 0.15) is 0 Å². The van der Waals surface area contributed by atoms with Gasteiger partial charge in [0, 0.05) is 23.7 Å². The number of hydrogen-bond acceptors (Lipinski definition) is 2. The SMILES string of the molecule is CCCOC(C)C(=O)O.[Fe]. The first kappa shape index (κ1) is 12.6. The smallest absolute Gasteiger partial charge is 0.332 e. The summed E-state index contributed by atoms with van der Waals surface area (Å²) < 4.78 is 4.85. The summed E-state index contributed by atoms with van der Waals surface area (Å²) in [4.78, 5) is 10.1. The van der Waals surface area contributed by atoms with Crippen molar-refractivity contribution in [2.24, 2.45) is 0 Å². The molecule has 0 aliphatic carbocycles. The number of hydrogen-bond donors (Lipinski definition) is 1. The number of carbonyl (C=O) groups is 1. The molecule has 1 unspecified atom stereocenters. The first-order chi connectivity index (χ1) is 4.18. The van der Waals surface area contributed by atoms with Gasteiger partial charge in [0.15, 0.2) is 6.10 Å². The molecule has 0 saturated heterocycles. The molecular formula is C6H12FeO3. The molecule has 1 atom stereocenters. The third kappa shape index (κ3) is 6.08. The van der Waals surface area contributed by atoms with Gasteiger partial charge in [-0.3, -0.25) is 0 Å². The van der Waals surface area contributed by atoms with E-state index in [1.165, 1.54) is 6.92 Å². The predicted molar refractivity (Wildman–Crippen MR) is 33.3 cm³/mol. The molecule has 0 fully saturated rings. The molecule has 10 heavy (non-hydrogen) atoms. The van der Waals surface area contributed by atoms with Crippen LogP contribution in [0.4, 0.5) is 0 Å². The number of rotatable bonds is 4. The average Bonchev–Trinajstić information content (AvgIpc) is 1.82. The van der Waals surface area contributed by atoms with Crippen molar-refractivity contribution in [3.63, 3.8) is 0 Å². The maximum Gasteiger partial charge on any atom is 0.332 e. The fourth-order valence-corrected chi connectivity index (χ4v) is 0.366. The second-order valence-corrected chi connectivity index (χ2v) is 1.85. The summed E-state index contributed by atoms with van der Waals surface area (Å²) in [6.07, 6.45) is 0.197. The van der Waals surface area contributed by atoms with Crippen LogP contribution >= 0.6 is 0 Å². The molecule has 0 amide bonds. The van der Waals surface area contributed by atoms with Gasteiger partial charge in [-0.15, -0.1) is 0 Å². The third-order valence-corrected chi connectivity index (χ3v) is 0.920. The Labute approximate surface area is 71.2 Å². The minimum absolute atomic E-state index is 0. The monoisotopic (exact) mass is 188 g/mol. The van der Waals surface area contributed by atoms with Crippen LogP contribution in [0.1, 0.15) is 20.3 Å². The maximum atomic E-state index is 10.1. The molecule has 0 aromatic rings. The second kappa shape index (κ2) is 7.06. The molecule has 0 saturated carbocycles. The zero-order chi connectivity index (χ0) is 7.28. The number of carboxylic acid groups (broad SMARTS) is 1. The molecule has 3 nitrogen and oxygen atoms in total. The molecule has 0 bridgehead atoms. The zero-order valence-corrected chi connectivity index (χ0v) is 7.21. The van der Waals surface area contributed by atoms with Crippen LogP contribution in [0.3, 0.4) is 0 Å². The van der Waals surface area contributed by atoms with E-state index in [4.69, 9.17) is 9.84 Å². The summed E-state index contributed by atoms with van der Waals surface area (Å²) in [5, 5.41) is 8.28. The van der Waals surface area contributed by atoms with Gasteiger partial charge in [0.05, 0.1) is 0 Å². The van der Waals surface area contributed by atoms with Gasteiger partial charge in [0.25, 0.3) is 0 Å². The molecule has 0 aliphatic rings. The summed E-state index contributed by atoms with van der Waals surface area (Å²) >= 11 is 0. The largest absolute Gasteiger partial charge is 0.479 e. The van der Waals surface area contributed by atoms with Crippen LogP contribution < -0.4 is 0 Å². The van der Waals surface area contributed by atoms with E-state index in [0.717, 1.165) is 6.42 Å². The van der Waals surface area contributed by atoms with Crippen LogP contribution in [-0.2, 0) is 26.6 Å². The fraction of sp³-hybridized carbons (Fsp3) is 0.833. The summed E-state index contributed by atoms with van der Waals surface area (Å²) in [6, 6.07) is 0. The van der Waals surface area contributed by atoms with Crippen molar-refractivity contribution in [2.75, 3.05) is 6.61 Å². The predicted octanol–water partition coefficient (Wildman–Crippen LogP) is 0.884. The van der Waals surface area contributed by atoms with Crippen molar-refractivity contribution >= 4 is 5.97 Å². The van der Waals surface area contributed by atoms with E-state index >= 15 is 0 Å².